The van der Waals surface area contributed by atoms with Gasteiger partial charge in [0.25, 0.3) is 0 Å². The molecule has 4 heteroatoms. The molecule has 1 atom stereocenters. The first-order valence-electron chi connectivity index (χ1n) is 7.42. The van der Waals surface area contributed by atoms with Crippen LogP contribution >= 0.6 is 0 Å². The molecule has 0 aromatic heterocycles. The molecule has 0 heterocycles. The fraction of sp³-hybridized carbons (Fsp3) is 1.00. The second-order valence-electron chi connectivity index (χ2n) is 5.63. The standard InChI is InChI=1S/C14H30N2O2/c1-2-9-16(10-13(18)11-17)14(12-15)7-5-3-4-6-8-14/h13,17-18H,2-12,15H2,1H3. The molecule has 0 amide bonds. The van der Waals surface area contributed by atoms with Crippen molar-refractivity contribution in [2.75, 3.05) is 26.2 Å². The van der Waals surface area contributed by atoms with E-state index in [4.69, 9.17) is 10.8 Å². The first-order valence-corrected chi connectivity index (χ1v) is 7.42. The quantitative estimate of drug-likeness (QED) is 0.598. The predicted molar refractivity (Wildman–Crippen MR) is 74.4 cm³/mol. The van der Waals surface area contributed by atoms with Crippen molar-refractivity contribution < 1.29 is 10.2 Å². The van der Waals surface area contributed by atoms with Gasteiger partial charge in [0.2, 0.25) is 0 Å². The SMILES string of the molecule is CCCN(CC(O)CO)C1(CN)CCCCCC1. The Morgan fingerprint density at radius 3 is 2.28 bits per heavy atom. The Hall–Kier alpha value is -0.160. The fourth-order valence-corrected chi connectivity index (χ4v) is 3.14. The van der Waals surface area contributed by atoms with Gasteiger partial charge in [-0.1, -0.05) is 32.6 Å². The van der Waals surface area contributed by atoms with Gasteiger partial charge in [-0.15, -0.1) is 0 Å². The van der Waals surface area contributed by atoms with Crippen LogP contribution in [0.2, 0.25) is 0 Å². The van der Waals surface area contributed by atoms with E-state index in [1.165, 1.54) is 25.7 Å². The van der Waals surface area contributed by atoms with Gasteiger partial charge in [0.1, 0.15) is 0 Å². The van der Waals surface area contributed by atoms with Crippen molar-refractivity contribution in [2.45, 2.75) is 63.5 Å². The molecule has 1 aliphatic carbocycles. The van der Waals surface area contributed by atoms with Gasteiger partial charge < -0.3 is 15.9 Å². The molecular weight excluding hydrogens is 228 g/mol. The van der Waals surface area contributed by atoms with E-state index in [0.29, 0.717) is 13.1 Å². The topological polar surface area (TPSA) is 69.7 Å². The number of nitrogens with zero attached hydrogens (tertiary/aromatic N) is 1. The molecule has 1 fully saturated rings. The Labute approximate surface area is 111 Å². The van der Waals surface area contributed by atoms with Crippen molar-refractivity contribution in [1.82, 2.24) is 4.90 Å². The first kappa shape index (κ1) is 15.9. The summed E-state index contributed by atoms with van der Waals surface area (Å²) in [5.74, 6) is 0. The van der Waals surface area contributed by atoms with Gasteiger partial charge in [0.05, 0.1) is 12.7 Å². The number of hydrogen-bond acceptors (Lipinski definition) is 4. The van der Waals surface area contributed by atoms with Crippen molar-refractivity contribution in [2.24, 2.45) is 5.73 Å². The van der Waals surface area contributed by atoms with Crippen LogP contribution in [0.5, 0.6) is 0 Å². The highest BCUT2D eigenvalue weighted by molar-refractivity contribution is 4.93. The maximum absolute atomic E-state index is 9.73. The van der Waals surface area contributed by atoms with E-state index in [0.717, 1.165) is 25.8 Å². The molecule has 1 rings (SSSR count). The van der Waals surface area contributed by atoms with Crippen LogP contribution in [-0.4, -0.2) is 53.0 Å². The first-order chi connectivity index (χ1) is 8.68. The summed E-state index contributed by atoms with van der Waals surface area (Å²) in [5, 5.41) is 18.8. The van der Waals surface area contributed by atoms with E-state index in [2.05, 4.69) is 11.8 Å². The molecule has 1 saturated carbocycles. The summed E-state index contributed by atoms with van der Waals surface area (Å²) in [5.41, 5.74) is 6.11. The maximum Gasteiger partial charge on any atom is 0.0897 e. The lowest BCUT2D eigenvalue weighted by Crippen LogP contribution is -2.56. The second kappa shape index (κ2) is 8.10. The summed E-state index contributed by atoms with van der Waals surface area (Å²) < 4.78 is 0. The second-order valence-corrected chi connectivity index (χ2v) is 5.63. The highest BCUT2D eigenvalue weighted by atomic mass is 16.3. The Morgan fingerprint density at radius 2 is 1.83 bits per heavy atom. The van der Waals surface area contributed by atoms with Crippen LogP contribution in [0.25, 0.3) is 0 Å². The van der Waals surface area contributed by atoms with Crippen molar-refractivity contribution in [3.8, 4) is 0 Å². The number of hydrogen-bond donors (Lipinski definition) is 3. The third-order valence-electron chi connectivity index (χ3n) is 4.22. The summed E-state index contributed by atoms with van der Waals surface area (Å²) >= 11 is 0. The largest absolute Gasteiger partial charge is 0.394 e. The summed E-state index contributed by atoms with van der Waals surface area (Å²) in [6, 6.07) is 0. The molecule has 0 aromatic rings. The lowest BCUT2D eigenvalue weighted by atomic mass is 9.87. The van der Waals surface area contributed by atoms with Crippen molar-refractivity contribution in [3.05, 3.63) is 0 Å². The van der Waals surface area contributed by atoms with Crippen molar-refractivity contribution in [3.63, 3.8) is 0 Å². The van der Waals surface area contributed by atoms with Gasteiger partial charge in [0.15, 0.2) is 0 Å². The number of β-amino-alcohol motifs (C(OH)–C–C–N with tert-alkyl or cyclic N) is 1. The number of aliphatic hydroxyl groups excluding tert-OH is 2. The molecule has 4 N–H and O–H groups in total. The molecule has 18 heavy (non-hydrogen) atoms. The minimum Gasteiger partial charge on any atom is -0.394 e. The number of rotatable bonds is 7. The van der Waals surface area contributed by atoms with Crippen molar-refractivity contribution >= 4 is 0 Å². The number of aliphatic hydroxyl groups is 2. The van der Waals surface area contributed by atoms with Crippen molar-refractivity contribution in [1.29, 1.82) is 0 Å². The zero-order chi connectivity index (χ0) is 13.4. The van der Waals surface area contributed by atoms with E-state index < -0.39 is 6.10 Å². The molecular formula is C14H30N2O2. The third kappa shape index (κ3) is 4.19. The fourth-order valence-electron chi connectivity index (χ4n) is 3.14. The minimum atomic E-state index is -0.650. The molecule has 0 aliphatic heterocycles. The van der Waals surface area contributed by atoms with Crippen LogP contribution in [0.3, 0.4) is 0 Å². The van der Waals surface area contributed by atoms with Crippen LogP contribution < -0.4 is 5.73 Å². The van der Waals surface area contributed by atoms with Crippen LogP contribution in [0.15, 0.2) is 0 Å². The lowest BCUT2D eigenvalue weighted by molar-refractivity contribution is 0.00530. The number of nitrogens with two attached hydrogens (primary N) is 1. The smallest absolute Gasteiger partial charge is 0.0897 e. The molecule has 0 saturated heterocycles. The summed E-state index contributed by atoms with van der Waals surface area (Å²) in [6.07, 6.45) is 7.71. The van der Waals surface area contributed by atoms with Gasteiger partial charge in [0, 0.05) is 18.6 Å². The van der Waals surface area contributed by atoms with Gasteiger partial charge in [-0.05, 0) is 25.8 Å². The highest BCUT2D eigenvalue weighted by Gasteiger charge is 2.35. The summed E-state index contributed by atoms with van der Waals surface area (Å²) in [6.45, 7) is 4.14. The molecule has 1 aliphatic rings. The van der Waals surface area contributed by atoms with E-state index in [1.807, 2.05) is 0 Å². The highest BCUT2D eigenvalue weighted by Crippen LogP contribution is 2.32. The Bertz CT molecular complexity index is 216. The predicted octanol–water partition coefficient (Wildman–Crippen LogP) is 1.10. The van der Waals surface area contributed by atoms with Gasteiger partial charge in [-0.2, -0.15) is 0 Å². The van der Waals surface area contributed by atoms with Crippen LogP contribution in [0.1, 0.15) is 51.9 Å². The van der Waals surface area contributed by atoms with Crippen LogP contribution in [-0.2, 0) is 0 Å². The zero-order valence-electron chi connectivity index (χ0n) is 11.8. The normalized spacial score (nSPS) is 21.8. The molecule has 0 spiro atoms. The Morgan fingerprint density at radius 1 is 1.22 bits per heavy atom. The summed E-state index contributed by atoms with van der Waals surface area (Å²) in [7, 11) is 0. The summed E-state index contributed by atoms with van der Waals surface area (Å²) in [4.78, 5) is 2.33. The van der Waals surface area contributed by atoms with E-state index in [-0.39, 0.29) is 12.1 Å². The average Bonchev–Trinajstić information content (AvgIpc) is 2.64. The monoisotopic (exact) mass is 258 g/mol. The molecule has 0 radical (unpaired) electrons. The average molecular weight is 258 g/mol. The minimum absolute atomic E-state index is 0.0443. The van der Waals surface area contributed by atoms with Crippen LogP contribution in [0.4, 0.5) is 0 Å². The van der Waals surface area contributed by atoms with E-state index in [1.54, 1.807) is 0 Å². The maximum atomic E-state index is 9.73. The van der Waals surface area contributed by atoms with E-state index in [9.17, 15) is 5.11 Å². The van der Waals surface area contributed by atoms with Gasteiger partial charge in [-0.3, -0.25) is 4.90 Å². The molecule has 108 valence electrons. The Kier molecular flexibility index (Phi) is 7.15. The van der Waals surface area contributed by atoms with Crippen LogP contribution in [0, 0.1) is 0 Å². The van der Waals surface area contributed by atoms with Gasteiger partial charge in [-0.25, -0.2) is 0 Å². The van der Waals surface area contributed by atoms with E-state index >= 15 is 0 Å². The van der Waals surface area contributed by atoms with Gasteiger partial charge >= 0.3 is 0 Å². The zero-order valence-corrected chi connectivity index (χ0v) is 11.8. The Balaban J connectivity index is 2.76. The lowest BCUT2D eigenvalue weighted by Gasteiger charge is -2.44. The third-order valence-corrected chi connectivity index (χ3v) is 4.22. The molecule has 1 unspecified atom stereocenters. The molecule has 0 bridgehead atoms. The molecule has 4 nitrogen and oxygen atoms in total. The molecule has 0 aromatic carbocycles.